The number of allylic oxidation sites excluding steroid dienone is 4. The number of aliphatic imine (C=N–C) groups is 1. The van der Waals surface area contributed by atoms with E-state index in [1.807, 2.05) is 12.2 Å². The Morgan fingerprint density at radius 2 is 2.28 bits per heavy atom. The van der Waals surface area contributed by atoms with Gasteiger partial charge in [-0.3, -0.25) is 9.78 Å². The van der Waals surface area contributed by atoms with Gasteiger partial charge >= 0.3 is 0 Å². The van der Waals surface area contributed by atoms with E-state index in [1.54, 1.807) is 37.4 Å². The zero-order chi connectivity index (χ0) is 18.5. The Bertz CT molecular complexity index is 705. The van der Waals surface area contributed by atoms with Gasteiger partial charge in [-0.15, -0.1) is 0 Å². The van der Waals surface area contributed by atoms with Gasteiger partial charge in [-0.1, -0.05) is 36.4 Å². The van der Waals surface area contributed by atoms with Gasteiger partial charge in [0, 0.05) is 35.2 Å². The third kappa shape index (κ3) is 8.67. The van der Waals surface area contributed by atoms with Crippen molar-refractivity contribution in [3.63, 3.8) is 0 Å². The van der Waals surface area contributed by atoms with Crippen LogP contribution in [0.3, 0.4) is 0 Å². The minimum atomic E-state index is -0.158. The van der Waals surface area contributed by atoms with Crippen LogP contribution >= 0.6 is 11.6 Å². The molecule has 1 amide bonds. The van der Waals surface area contributed by atoms with Crippen molar-refractivity contribution in [3.8, 4) is 0 Å². The van der Waals surface area contributed by atoms with E-state index in [-0.39, 0.29) is 5.91 Å². The second kappa shape index (κ2) is 11.8. The first-order valence-corrected chi connectivity index (χ1v) is 8.29. The quantitative estimate of drug-likeness (QED) is 0.402. The number of hydrogen-bond acceptors (Lipinski definition) is 3. The molecule has 3 N–H and O–H groups in total. The molecule has 0 aromatic carbocycles. The molecule has 0 spiro atoms. The number of nitrogens with one attached hydrogen (secondary N) is 1. The summed E-state index contributed by atoms with van der Waals surface area (Å²) in [6.07, 6.45) is 12.1. The standard InChI is InChI=1S/C19H23ClN4O/c1-3-18(21)24-15(2)9-12-23-19(25)16-10-13-22-17(14-16)8-6-4-5-7-11-20/h3-5,7,9-11,13-14H,1,6,8,12H2,2H3,(H2,21,24)(H,23,25)/b5-4+,11-7+,15-9+. The first-order valence-electron chi connectivity index (χ1n) is 7.85. The molecule has 1 rings (SSSR count). The molecule has 0 atom stereocenters. The Hall–Kier alpha value is -2.66. The molecular formula is C19H23ClN4O. The lowest BCUT2D eigenvalue weighted by atomic mass is 10.1. The lowest BCUT2D eigenvalue weighted by Crippen LogP contribution is -2.23. The molecule has 6 heteroatoms. The SMILES string of the molecule is C=C/C(N)=N\C(C)=C\CNC(=O)c1ccnc(CC/C=C/C=C/Cl)c1. The average molecular weight is 359 g/mol. The fourth-order valence-electron chi connectivity index (χ4n) is 1.89. The summed E-state index contributed by atoms with van der Waals surface area (Å²) in [7, 11) is 0. The number of aromatic nitrogens is 1. The number of hydrogen-bond donors (Lipinski definition) is 2. The van der Waals surface area contributed by atoms with Gasteiger partial charge < -0.3 is 11.1 Å². The van der Waals surface area contributed by atoms with E-state index in [1.165, 1.54) is 11.6 Å². The lowest BCUT2D eigenvalue weighted by molar-refractivity contribution is 0.0957. The summed E-state index contributed by atoms with van der Waals surface area (Å²) in [5.74, 6) is 0.184. The summed E-state index contributed by atoms with van der Waals surface area (Å²) in [6.45, 7) is 5.70. The van der Waals surface area contributed by atoms with Crippen LogP contribution in [0.5, 0.6) is 0 Å². The number of rotatable bonds is 9. The van der Waals surface area contributed by atoms with Crippen molar-refractivity contribution >= 4 is 23.3 Å². The van der Waals surface area contributed by atoms with Crippen molar-refractivity contribution in [1.82, 2.24) is 10.3 Å². The van der Waals surface area contributed by atoms with Gasteiger partial charge in [0.25, 0.3) is 5.91 Å². The maximum absolute atomic E-state index is 12.2. The van der Waals surface area contributed by atoms with Crippen molar-refractivity contribution in [1.29, 1.82) is 0 Å². The molecule has 0 aliphatic carbocycles. The number of nitrogens with two attached hydrogens (primary N) is 1. The smallest absolute Gasteiger partial charge is 0.251 e. The average Bonchev–Trinajstić information content (AvgIpc) is 2.61. The fourth-order valence-corrected chi connectivity index (χ4v) is 1.98. The topological polar surface area (TPSA) is 80.4 Å². The highest BCUT2D eigenvalue weighted by Crippen LogP contribution is 2.05. The van der Waals surface area contributed by atoms with Crippen molar-refractivity contribution in [2.75, 3.05) is 6.54 Å². The van der Waals surface area contributed by atoms with Crippen LogP contribution in [0.4, 0.5) is 0 Å². The van der Waals surface area contributed by atoms with Crippen LogP contribution in [0.15, 0.2) is 71.5 Å². The molecule has 0 fully saturated rings. The van der Waals surface area contributed by atoms with Gasteiger partial charge in [0.15, 0.2) is 0 Å². The maximum atomic E-state index is 12.2. The molecule has 0 unspecified atom stereocenters. The first-order chi connectivity index (χ1) is 12.1. The summed E-state index contributed by atoms with van der Waals surface area (Å²) < 4.78 is 0. The Balaban J connectivity index is 2.57. The Kier molecular flexibility index (Phi) is 9.63. The highest BCUT2D eigenvalue weighted by molar-refractivity contribution is 6.25. The summed E-state index contributed by atoms with van der Waals surface area (Å²) >= 11 is 5.44. The summed E-state index contributed by atoms with van der Waals surface area (Å²) in [4.78, 5) is 20.6. The first kappa shape index (κ1) is 20.4. The van der Waals surface area contributed by atoms with Gasteiger partial charge in [-0.2, -0.15) is 0 Å². The van der Waals surface area contributed by atoms with Gasteiger partial charge in [0.2, 0.25) is 0 Å². The molecule has 0 bridgehead atoms. The number of amidine groups is 1. The Morgan fingerprint density at radius 1 is 1.48 bits per heavy atom. The molecule has 1 aromatic rings. The summed E-state index contributed by atoms with van der Waals surface area (Å²) in [5.41, 5.74) is 9.17. The minimum absolute atomic E-state index is 0.158. The van der Waals surface area contributed by atoms with Gasteiger partial charge in [0.05, 0.1) is 0 Å². The Labute approximate surface area is 153 Å². The molecule has 5 nitrogen and oxygen atoms in total. The number of halogens is 1. The molecule has 0 aliphatic heterocycles. The summed E-state index contributed by atoms with van der Waals surface area (Å²) in [6, 6.07) is 3.49. The second-order valence-electron chi connectivity index (χ2n) is 5.12. The number of nitrogens with zero attached hydrogens (tertiary/aromatic N) is 2. The molecule has 25 heavy (non-hydrogen) atoms. The largest absolute Gasteiger partial charge is 0.384 e. The molecule has 0 saturated heterocycles. The van der Waals surface area contributed by atoms with Crippen LogP contribution in [0.25, 0.3) is 0 Å². The Morgan fingerprint density at radius 3 is 3.00 bits per heavy atom. The summed E-state index contributed by atoms with van der Waals surface area (Å²) in [5, 5.41) is 2.82. The molecule has 1 heterocycles. The second-order valence-corrected chi connectivity index (χ2v) is 5.37. The third-order valence-electron chi connectivity index (χ3n) is 3.14. The van der Waals surface area contributed by atoms with E-state index in [0.29, 0.717) is 23.6 Å². The predicted molar refractivity (Wildman–Crippen MR) is 105 cm³/mol. The number of pyridine rings is 1. The maximum Gasteiger partial charge on any atom is 0.251 e. The molecular weight excluding hydrogens is 336 g/mol. The van der Waals surface area contributed by atoms with Crippen molar-refractivity contribution in [2.45, 2.75) is 19.8 Å². The lowest BCUT2D eigenvalue weighted by Gasteiger charge is -2.05. The monoisotopic (exact) mass is 358 g/mol. The molecule has 132 valence electrons. The van der Waals surface area contributed by atoms with Gasteiger partial charge in [-0.25, -0.2) is 4.99 Å². The number of carbonyl (C=O) groups excluding carboxylic acids is 1. The molecule has 0 aliphatic rings. The predicted octanol–water partition coefficient (Wildman–Crippen LogP) is 3.50. The minimum Gasteiger partial charge on any atom is -0.384 e. The zero-order valence-electron chi connectivity index (χ0n) is 14.3. The van der Waals surface area contributed by atoms with E-state index in [9.17, 15) is 4.79 Å². The van der Waals surface area contributed by atoms with Crippen LogP contribution in [0.1, 0.15) is 29.4 Å². The van der Waals surface area contributed by atoms with Crippen molar-refractivity contribution < 1.29 is 4.79 Å². The van der Waals surface area contributed by atoms with Crippen LogP contribution < -0.4 is 11.1 Å². The van der Waals surface area contributed by atoms with E-state index < -0.39 is 0 Å². The van der Waals surface area contributed by atoms with Crippen molar-refractivity contribution in [2.24, 2.45) is 10.7 Å². The molecule has 0 saturated carbocycles. The number of amides is 1. The van der Waals surface area contributed by atoms with Crippen LogP contribution in [0.2, 0.25) is 0 Å². The van der Waals surface area contributed by atoms with Gasteiger partial charge in [0.1, 0.15) is 5.84 Å². The fraction of sp³-hybridized carbons (Fsp3) is 0.211. The number of aryl methyl sites for hydroxylation is 1. The van der Waals surface area contributed by atoms with E-state index in [2.05, 4.69) is 21.9 Å². The van der Waals surface area contributed by atoms with E-state index in [0.717, 1.165) is 18.5 Å². The molecule has 0 radical (unpaired) electrons. The highest BCUT2D eigenvalue weighted by atomic mass is 35.5. The zero-order valence-corrected chi connectivity index (χ0v) is 15.0. The van der Waals surface area contributed by atoms with Gasteiger partial charge in [-0.05, 0) is 44.1 Å². The number of carbonyl (C=O) groups is 1. The normalized spacial score (nSPS) is 12.7. The van der Waals surface area contributed by atoms with E-state index >= 15 is 0 Å². The van der Waals surface area contributed by atoms with Crippen LogP contribution in [-0.4, -0.2) is 23.3 Å². The highest BCUT2D eigenvalue weighted by Gasteiger charge is 2.05. The van der Waals surface area contributed by atoms with E-state index in [4.69, 9.17) is 17.3 Å². The van der Waals surface area contributed by atoms with Crippen LogP contribution in [0, 0.1) is 0 Å². The third-order valence-corrected chi connectivity index (χ3v) is 3.29. The van der Waals surface area contributed by atoms with Crippen molar-refractivity contribution in [3.05, 3.63) is 77.8 Å². The molecule has 1 aromatic heterocycles. The van der Waals surface area contributed by atoms with Crippen LogP contribution in [-0.2, 0) is 6.42 Å².